The average Bonchev–Trinajstić information content (AvgIpc) is 2.57. The maximum atomic E-state index is 13.3. The van der Waals surface area contributed by atoms with Crippen molar-refractivity contribution in [2.75, 3.05) is 6.61 Å². The Morgan fingerprint density at radius 3 is 2.37 bits per heavy atom. The third-order valence-corrected chi connectivity index (χ3v) is 6.67. The van der Waals surface area contributed by atoms with E-state index in [9.17, 15) is 18.1 Å². The summed E-state index contributed by atoms with van der Waals surface area (Å²) in [5.74, 6) is -2.82. The monoisotopic (exact) mass is 398 g/mol. The van der Waals surface area contributed by atoms with Crippen LogP contribution in [-0.2, 0) is 11.0 Å². The molecule has 7 heteroatoms. The molecule has 1 fully saturated rings. The fourth-order valence-corrected chi connectivity index (χ4v) is 4.24. The van der Waals surface area contributed by atoms with E-state index < -0.39 is 21.7 Å². The number of rotatable bonds is 8. The van der Waals surface area contributed by atoms with Gasteiger partial charge in [0.15, 0.2) is 5.69 Å². The van der Waals surface area contributed by atoms with Crippen LogP contribution in [0.3, 0.4) is 0 Å². The van der Waals surface area contributed by atoms with E-state index >= 15 is 0 Å². The molecule has 1 aromatic carbocycles. The molecular weight excluding hydrogens is 370 g/mol. The summed E-state index contributed by atoms with van der Waals surface area (Å²) < 4.78 is 42.0. The summed E-state index contributed by atoms with van der Waals surface area (Å²) in [7, 11) is -1.33. The maximum absolute atomic E-state index is 13.3. The number of nitrogens with one attached hydrogen (secondary N) is 1. The highest BCUT2D eigenvalue weighted by Crippen LogP contribution is 2.49. The zero-order chi connectivity index (χ0) is 20.2. The fourth-order valence-electron chi connectivity index (χ4n) is 3.39. The molecule has 2 N–H and O–H groups in total. The van der Waals surface area contributed by atoms with Crippen molar-refractivity contribution in [3.8, 4) is 0 Å². The van der Waals surface area contributed by atoms with Gasteiger partial charge in [-0.15, -0.1) is 0 Å². The Hall–Kier alpha value is -1.36. The van der Waals surface area contributed by atoms with E-state index in [-0.39, 0.29) is 37.3 Å². The third kappa shape index (κ3) is 6.06. The molecule has 1 aliphatic rings. The molecule has 0 amide bonds. The van der Waals surface area contributed by atoms with Crippen LogP contribution in [0.25, 0.3) is 4.85 Å². The number of halogens is 2. The zero-order valence-corrected chi connectivity index (χ0v) is 16.9. The largest absolute Gasteiger partial charge is 0.396 e. The number of hydrogen-bond acceptors (Lipinski definition) is 2. The lowest BCUT2D eigenvalue weighted by Gasteiger charge is -2.41. The van der Waals surface area contributed by atoms with Crippen molar-refractivity contribution < 1.29 is 18.1 Å². The Kier molecular flexibility index (Phi) is 7.12. The standard InChI is InChI=1S/C20H28F2N2O2S/c1-19(2,3)27(26)24-18(14-5-7-17(23-4)8-6-14)11-15(9-10-25)16-12-20(21,22)13-16/h5-8,15-16,18,24-25H,9-13H2,1-3H3/t15-,18?,27?/m1/s1. The second kappa shape index (κ2) is 8.76. The van der Waals surface area contributed by atoms with E-state index in [0.29, 0.717) is 18.5 Å². The first-order chi connectivity index (χ1) is 12.6. The van der Waals surface area contributed by atoms with Crippen molar-refractivity contribution >= 4 is 16.7 Å². The third-order valence-electron chi connectivity index (χ3n) is 5.06. The molecule has 0 heterocycles. The van der Waals surface area contributed by atoms with E-state index in [1.54, 1.807) is 12.1 Å². The maximum Gasteiger partial charge on any atom is 0.248 e. The molecule has 0 spiro atoms. The Balaban J connectivity index is 2.21. The van der Waals surface area contributed by atoms with E-state index in [4.69, 9.17) is 6.57 Å². The Morgan fingerprint density at radius 2 is 1.93 bits per heavy atom. The smallest absolute Gasteiger partial charge is 0.248 e. The molecular formula is C20H28F2N2O2S. The summed E-state index contributed by atoms with van der Waals surface area (Å²) in [6, 6.07) is 6.74. The number of hydrogen-bond donors (Lipinski definition) is 2. The van der Waals surface area contributed by atoms with Gasteiger partial charge in [0.2, 0.25) is 5.92 Å². The highest BCUT2D eigenvalue weighted by Gasteiger charge is 2.48. The number of aliphatic hydroxyl groups is 1. The summed E-state index contributed by atoms with van der Waals surface area (Å²) in [6.45, 7) is 12.6. The first-order valence-electron chi connectivity index (χ1n) is 9.20. The van der Waals surface area contributed by atoms with Crippen LogP contribution in [0.15, 0.2) is 24.3 Å². The van der Waals surface area contributed by atoms with Crippen LogP contribution >= 0.6 is 0 Å². The van der Waals surface area contributed by atoms with Crippen LogP contribution < -0.4 is 4.72 Å². The molecule has 2 rings (SSSR count). The minimum atomic E-state index is -2.60. The average molecular weight is 399 g/mol. The Bertz CT molecular complexity index is 687. The highest BCUT2D eigenvalue weighted by molar-refractivity contribution is 7.84. The van der Waals surface area contributed by atoms with Crippen LogP contribution in [-0.4, -0.2) is 26.6 Å². The lowest BCUT2D eigenvalue weighted by atomic mass is 9.69. The van der Waals surface area contributed by atoms with E-state index in [2.05, 4.69) is 9.57 Å². The molecule has 27 heavy (non-hydrogen) atoms. The van der Waals surface area contributed by atoms with Crippen molar-refractivity contribution in [3.63, 3.8) is 0 Å². The van der Waals surface area contributed by atoms with Crippen molar-refractivity contribution in [2.24, 2.45) is 11.8 Å². The van der Waals surface area contributed by atoms with Crippen molar-refractivity contribution in [2.45, 2.75) is 63.2 Å². The number of alkyl halides is 2. The van der Waals surface area contributed by atoms with Crippen LogP contribution in [0.4, 0.5) is 14.5 Å². The van der Waals surface area contributed by atoms with Crippen molar-refractivity contribution in [1.29, 1.82) is 0 Å². The van der Waals surface area contributed by atoms with Crippen LogP contribution in [0.2, 0.25) is 0 Å². The van der Waals surface area contributed by atoms with Gasteiger partial charge >= 0.3 is 0 Å². The Labute approximate surface area is 162 Å². The van der Waals surface area contributed by atoms with Gasteiger partial charge in [0.25, 0.3) is 0 Å². The van der Waals surface area contributed by atoms with E-state index in [1.165, 1.54) is 0 Å². The predicted octanol–water partition coefficient (Wildman–Crippen LogP) is 4.76. The molecule has 0 saturated heterocycles. The molecule has 0 bridgehead atoms. The van der Waals surface area contributed by atoms with Gasteiger partial charge in [-0.2, -0.15) is 0 Å². The van der Waals surface area contributed by atoms with E-state index in [0.717, 1.165) is 5.56 Å². The normalized spacial score (nSPS) is 20.3. The van der Waals surface area contributed by atoms with Crippen molar-refractivity contribution in [3.05, 3.63) is 41.2 Å². The molecule has 0 radical (unpaired) electrons. The minimum absolute atomic E-state index is 0.0571. The number of nitrogens with zero attached hydrogens (tertiary/aromatic N) is 1. The first kappa shape index (κ1) is 21.9. The summed E-state index contributed by atoms with van der Waals surface area (Å²) >= 11 is 0. The molecule has 0 aromatic heterocycles. The zero-order valence-electron chi connectivity index (χ0n) is 16.0. The lowest BCUT2D eigenvalue weighted by molar-refractivity contribution is -0.129. The van der Waals surface area contributed by atoms with Gasteiger partial charge in [0.05, 0.1) is 22.3 Å². The number of benzene rings is 1. The summed E-state index contributed by atoms with van der Waals surface area (Å²) in [5.41, 5.74) is 1.38. The van der Waals surface area contributed by atoms with Crippen LogP contribution in [0.1, 0.15) is 58.1 Å². The van der Waals surface area contributed by atoms with Crippen LogP contribution in [0, 0.1) is 18.4 Å². The molecule has 1 saturated carbocycles. The summed E-state index contributed by atoms with van der Waals surface area (Å²) in [6.07, 6.45) is 0.661. The van der Waals surface area contributed by atoms with Gasteiger partial charge in [-0.25, -0.2) is 22.6 Å². The fraction of sp³-hybridized carbons (Fsp3) is 0.650. The van der Waals surface area contributed by atoms with Crippen molar-refractivity contribution in [1.82, 2.24) is 4.72 Å². The van der Waals surface area contributed by atoms with Gasteiger partial charge < -0.3 is 5.11 Å². The lowest BCUT2D eigenvalue weighted by Crippen LogP contribution is -2.42. The summed E-state index contributed by atoms with van der Waals surface area (Å²) in [5, 5.41) is 9.40. The Morgan fingerprint density at radius 1 is 1.33 bits per heavy atom. The van der Waals surface area contributed by atoms with Gasteiger partial charge in [-0.1, -0.05) is 24.3 Å². The van der Waals surface area contributed by atoms with Crippen LogP contribution in [0.5, 0.6) is 0 Å². The number of aliphatic hydroxyl groups excluding tert-OH is 1. The predicted molar refractivity (Wildman–Crippen MR) is 104 cm³/mol. The minimum Gasteiger partial charge on any atom is -0.396 e. The quantitative estimate of drug-likeness (QED) is 0.620. The second-order valence-corrected chi connectivity index (χ2v) is 10.3. The van der Waals surface area contributed by atoms with Gasteiger partial charge in [-0.05, 0) is 51.0 Å². The topological polar surface area (TPSA) is 53.7 Å². The van der Waals surface area contributed by atoms with Gasteiger partial charge in [-0.3, -0.25) is 0 Å². The molecule has 2 unspecified atom stereocenters. The summed E-state index contributed by atoms with van der Waals surface area (Å²) in [4.78, 5) is 3.38. The molecule has 1 aliphatic carbocycles. The van der Waals surface area contributed by atoms with Gasteiger partial charge in [0, 0.05) is 25.5 Å². The molecule has 150 valence electrons. The second-order valence-electron chi connectivity index (χ2n) is 8.29. The SMILES string of the molecule is [C-]#[N+]c1ccc(C(C[C@@H](CCO)C2CC(F)(F)C2)NS(=O)C(C)(C)C)cc1. The van der Waals surface area contributed by atoms with E-state index in [1.807, 2.05) is 32.9 Å². The molecule has 0 aliphatic heterocycles. The van der Waals surface area contributed by atoms with Gasteiger partial charge in [0.1, 0.15) is 0 Å². The molecule has 1 aromatic rings. The highest BCUT2D eigenvalue weighted by atomic mass is 32.2. The molecule has 4 nitrogen and oxygen atoms in total. The first-order valence-corrected chi connectivity index (χ1v) is 10.3. The molecule has 3 atom stereocenters.